The van der Waals surface area contributed by atoms with Gasteiger partial charge in [0.25, 0.3) is 0 Å². The molecule has 0 saturated carbocycles. The number of rotatable bonds is 8. The molecular formula is C28H27NOP2S. The molecule has 33 heavy (non-hydrogen) atoms. The molecule has 0 unspecified atom stereocenters. The lowest BCUT2D eigenvalue weighted by molar-refractivity contribution is 0.588. The molecule has 0 saturated heterocycles. The molecule has 166 valence electrons. The van der Waals surface area contributed by atoms with Crippen molar-refractivity contribution in [3.8, 4) is 0 Å². The third-order valence-corrected chi connectivity index (χ3v) is 15.5. The zero-order chi connectivity index (χ0) is 23.0. The van der Waals surface area contributed by atoms with E-state index in [1.165, 1.54) is 0 Å². The van der Waals surface area contributed by atoms with Crippen LogP contribution in [0.15, 0.2) is 138 Å². The van der Waals surface area contributed by atoms with Gasteiger partial charge in [0.15, 0.2) is 0 Å². The molecule has 0 amide bonds. The Hall–Kier alpha value is -2.57. The van der Waals surface area contributed by atoms with Crippen LogP contribution < -0.4 is 21.2 Å². The van der Waals surface area contributed by atoms with Crippen LogP contribution in [0.1, 0.15) is 6.92 Å². The zero-order valence-corrected chi connectivity index (χ0v) is 21.2. The molecule has 0 radical (unpaired) electrons. The number of hydrogen-bond donors (Lipinski definition) is 0. The summed E-state index contributed by atoms with van der Waals surface area (Å²) in [4.78, 5) is 0. The van der Waals surface area contributed by atoms with Crippen LogP contribution in [0.25, 0.3) is 0 Å². The first kappa shape index (κ1) is 23.6. The topological polar surface area (TPSA) is 29.4 Å². The van der Waals surface area contributed by atoms with Crippen LogP contribution in [0.3, 0.4) is 0 Å². The Bertz CT molecular complexity index is 1200. The quantitative estimate of drug-likeness (QED) is 0.198. The van der Waals surface area contributed by atoms with Gasteiger partial charge in [0.05, 0.1) is 6.26 Å². The Morgan fingerprint density at radius 2 is 1.00 bits per heavy atom. The first-order valence-corrected chi connectivity index (χ1v) is 15.9. The number of allylic oxidation sites excluding steroid dienone is 1. The van der Waals surface area contributed by atoms with E-state index in [0.29, 0.717) is 0 Å². The fourth-order valence-electron chi connectivity index (χ4n) is 3.62. The summed E-state index contributed by atoms with van der Waals surface area (Å²) >= 11 is 1.80. The lowest BCUT2D eigenvalue weighted by atomic mass is 10.4. The van der Waals surface area contributed by atoms with Gasteiger partial charge in [0, 0.05) is 27.0 Å². The molecule has 0 aliphatic heterocycles. The molecule has 0 spiro atoms. The van der Waals surface area contributed by atoms with Gasteiger partial charge in [-0.3, -0.25) is 4.57 Å². The largest absolute Gasteiger partial charge is 0.288 e. The number of hydrogen-bond acceptors (Lipinski definition) is 2. The van der Waals surface area contributed by atoms with Crippen molar-refractivity contribution in [3.63, 3.8) is 0 Å². The maximum atomic E-state index is 15.0. The average molecular weight is 488 g/mol. The monoisotopic (exact) mass is 487 g/mol. The van der Waals surface area contributed by atoms with Gasteiger partial charge < -0.3 is 0 Å². The maximum absolute atomic E-state index is 15.0. The maximum Gasteiger partial charge on any atom is 0.247 e. The van der Waals surface area contributed by atoms with Crippen LogP contribution in [0.4, 0.5) is 0 Å². The highest BCUT2D eigenvalue weighted by Crippen LogP contribution is 2.67. The minimum Gasteiger partial charge on any atom is -0.288 e. The van der Waals surface area contributed by atoms with E-state index in [1.54, 1.807) is 11.4 Å². The second-order valence-corrected chi connectivity index (χ2v) is 15.5. The van der Waals surface area contributed by atoms with Gasteiger partial charge in [-0.15, -0.1) is 11.4 Å². The van der Waals surface area contributed by atoms with Crippen molar-refractivity contribution in [2.45, 2.75) is 6.92 Å². The Labute approximate surface area is 201 Å². The summed E-state index contributed by atoms with van der Waals surface area (Å²) in [5.74, 6) is 0.793. The summed E-state index contributed by atoms with van der Waals surface area (Å²) in [6.07, 6.45) is 1.76. The van der Waals surface area contributed by atoms with Crippen LogP contribution in [-0.4, -0.2) is 5.75 Å². The van der Waals surface area contributed by atoms with E-state index in [0.717, 1.165) is 27.0 Å². The molecule has 2 nitrogen and oxygen atoms in total. The van der Waals surface area contributed by atoms with Crippen LogP contribution in [0.5, 0.6) is 0 Å². The fourth-order valence-corrected chi connectivity index (χ4v) is 14.5. The highest BCUT2D eigenvalue weighted by atomic mass is 32.7. The SMILES string of the molecule is C/C=C/CSP(=NP(=O)(c1ccccc1)c1ccccc1)(c1ccccc1)c1ccccc1. The van der Waals surface area contributed by atoms with Gasteiger partial charge in [-0.1, -0.05) is 109 Å². The first-order chi connectivity index (χ1) is 16.2. The molecule has 5 heteroatoms. The fraction of sp³-hybridized carbons (Fsp3) is 0.0714. The molecule has 0 N–H and O–H groups in total. The molecular weight excluding hydrogens is 460 g/mol. The van der Waals surface area contributed by atoms with Crippen molar-refractivity contribution in [1.29, 1.82) is 0 Å². The Morgan fingerprint density at radius 1 is 0.636 bits per heavy atom. The first-order valence-electron chi connectivity index (χ1n) is 10.9. The highest BCUT2D eigenvalue weighted by molar-refractivity contribution is 8.63. The van der Waals surface area contributed by atoms with Crippen molar-refractivity contribution >= 4 is 46.1 Å². The van der Waals surface area contributed by atoms with Gasteiger partial charge in [-0.25, -0.2) is 4.52 Å². The second kappa shape index (κ2) is 11.0. The smallest absolute Gasteiger partial charge is 0.247 e. The highest BCUT2D eigenvalue weighted by Gasteiger charge is 2.34. The molecule has 4 rings (SSSR count). The molecule has 0 heterocycles. The summed E-state index contributed by atoms with van der Waals surface area (Å²) in [6.45, 7) is 2.03. The predicted octanol–water partition coefficient (Wildman–Crippen LogP) is 6.99. The molecule has 0 fully saturated rings. The van der Waals surface area contributed by atoms with E-state index in [2.05, 4.69) is 60.7 Å². The minimum atomic E-state index is -3.30. The number of nitrogens with zero attached hydrogens (tertiary/aromatic N) is 1. The molecule has 4 aromatic rings. The molecule has 0 aromatic heterocycles. The lowest BCUT2D eigenvalue weighted by Gasteiger charge is -2.28. The van der Waals surface area contributed by atoms with Gasteiger partial charge in [0.1, 0.15) is 0 Å². The average Bonchev–Trinajstić information content (AvgIpc) is 2.90. The van der Waals surface area contributed by atoms with Crippen molar-refractivity contribution < 1.29 is 4.57 Å². The van der Waals surface area contributed by atoms with Gasteiger partial charge in [0.2, 0.25) is 7.29 Å². The molecule has 0 aliphatic carbocycles. The normalized spacial score (nSPS) is 12.0. The lowest BCUT2D eigenvalue weighted by Crippen LogP contribution is -2.18. The van der Waals surface area contributed by atoms with Gasteiger partial charge in [-0.2, -0.15) is 0 Å². The summed E-state index contributed by atoms with van der Waals surface area (Å²) in [7, 11) is -3.30. The Morgan fingerprint density at radius 3 is 1.36 bits per heavy atom. The summed E-state index contributed by atoms with van der Waals surface area (Å²) in [6, 6.07) is 40.2. The third kappa shape index (κ3) is 5.17. The van der Waals surface area contributed by atoms with Crippen LogP contribution >= 0.6 is 24.9 Å². The van der Waals surface area contributed by atoms with E-state index in [-0.39, 0.29) is 0 Å². The van der Waals surface area contributed by atoms with Crippen LogP contribution in [-0.2, 0) is 4.57 Å². The Balaban J connectivity index is 2.10. The summed E-state index contributed by atoms with van der Waals surface area (Å²) < 4.78 is 20.5. The summed E-state index contributed by atoms with van der Waals surface area (Å²) in [5.41, 5.74) is 0. The second-order valence-electron chi connectivity index (χ2n) is 7.45. The minimum absolute atomic E-state index is 0.763. The molecule has 0 aliphatic rings. The van der Waals surface area contributed by atoms with Gasteiger partial charge >= 0.3 is 0 Å². The van der Waals surface area contributed by atoms with E-state index in [9.17, 15) is 0 Å². The van der Waals surface area contributed by atoms with Crippen molar-refractivity contribution in [3.05, 3.63) is 133 Å². The van der Waals surface area contributed by atoms with Crippen LogP contribution in [0.2, 0.25) is 0 Å². The van der Waals surface area contributed by atoms with Crippen LogP contribution in [0, 0.1) is 0 Å². The van der Waals surface area contributed by atoms with E-state index < -0.39 is 13.5 Å². The van der Waals surface area contributed by atoms with E-state index in [1.807, 2.05) is 79.7 Å². The molecule has 0 atom stereocenters. The van der Waals surface area contributed by atoms with Crippen molar-refractivity contribution in [1.82, 2.24) is 0 Å². The summed E-state index contributed by atoms with van der Waals surface area (Å²) in [5, 5.41) is 3.77. The zero-order valence-electron chi connectivity index (χ0n) is 18.6. The third-order valence-electron chi connectivity index (χ3n) is 5.27. The van der Waals surface area contributed by atoms with Gasteiger partial charge in [-0.05, 0) is 31.2 Å². The van der Waals surface area contributed by atoms with E-state index >= 15 is 4.57 Å². The van der Waals surface area contributed by atoms with Crippen molar-refractivity contribution in [2.24, 2.45) is 4.52 Å². The standard InChI is InChI=1S/C28H27NOP2S/c1-2-3-24-33-32(27-20-12-6-13-21-27,28-22-14-7-15-23-28)29-31(30,25-16-8-4-9-17-25)26-18-10-5-11-19-26/h2-23H,24H2,1H3/b3-2+. The van der Waals surface area contributed by atoms with E-state index in [4.69, 9.17) is 4.52 Å². The molecule has 4 aromatic carbocycles. The predicted molar refractivity (Wildman–Crippen MR) is 149 cm³/mol. The Kier molecular flexibility index (Phi) is 7.89. The molecule has 0 bridgehead atoms. The van der Waals surface area contributed by atoms with Crippen molar-refractivity contribution in [2.75, 3.05) is 5.75 Å². The number of benzene rings is 4.